The molecular weight excluding hydrogens is 316 g/mol. The molecule has 0 spiro atoms. The number of carbonyl (C=O) groups is 2. The second kappa shape index (κ2) is 8.43. The van der Waals surface area contributed by atoms with Crippen LogP contribution in [0.15, 0.2) is 18.2 Å². The van der Waals surface area contributed by atoms with Gasteiger partial charge in [-0.3, -0.25) is 9.59 Å². The number of nitrogens with zero attached hydrogens (tertiary/aromatic N) is 2. The fraction of sp³-hybridized carbons (Fsp3) is 0.632. The number of hydrogen-bond acceptors (Lipinski definition) is 4. The summed E-state index contributed by atoms with van der Waals surface area (Å²) in [5.74, 6) is 1.23. The van der Waals surface area contributed by atoms with Crippen molar-refractivity contribution in [2.45, 2.75) is 39.0 Å². The summed E-state index contributed by atoms with van der Waals surface area (Å²) in [5, 5.41) is 6.23. The summed E-state index contributed by atoms with van der Waals surface area (Å²) in [7, 11) is 0. The first-order valence-electron chi connectivity index (χ1n) is 9.35. The van der Waals surface area contributed by atoms with Gasteiger partial charge in [-0.05, 0) is 63.7 Å². The number of piperidine rings is 1. The predicted molar refractivity (Wildman–Crippen MR) is 97.1 cm³/mol. The molecule has 2 aliphatic heterocycles. The van der Waals surface area contributed by atoms with Gasteiger partial charge >= 0.3 is 0 Å². The maximum atomic E-state index is 12.5. The maximum absolute atomic E-state index is 12.5. The summed E-state index contributed by atoms with van der Waals surface area (Å²) in [6.45, 7) is 5.30. The van der Waals surface area contributed by atoms with Crippen molar-refractivity contribution >= 4 is 17.6 Å². The van der Waals surface area contributed by atoms with Crippen LogP contribution in [0.2, 0.25) is 0 Å². The molecule has 2 fully saturated rings. The van der Waals surface area contributed by atoms with Crippen molar-refractivity contribution in [2.75, 3.05) is 31.5 Å². The van der Waals surface area contributed by atoms with E-state index >= 15 is 0 Å². The summed E-state index contributed by atoms with van der Waals surface area (Å²) in [4.78, 5) is 31.2. The monoisotopic (exact) mass is 344 g/mol. The second-order valence-electron chi connectivity index (χ2n) is 7.23. The quantitative estimate of drug-likeness (QED) is 0.856. The van der Waals surface area contributed by atoms with Gasteiger partial charge in [0.2, 0.25) is 11.8 Å². The van der Waals surface area contributed by atoms with E-state index in [1.165, 1.54) is 6.42 Å². The minimum Gasteiger partial charge on any atom is -0.342 e. The largest absolute Gasteiger partial charge is 0.342 e. The molecule has 6 nitrogen and oxygen atoms in total. The lowest BCUT2D eigenvalue weighted by Crippen LogP contribution is -2.43. The molecule has 1 aromatic rings. The predicted octanol–water partition coefficient (Wildman–Crippen LogP) is 1.96. The fourth-order valence-corrected chi connectivity index (χ4v) is 3.71. The number of rotatable bonds is 5. The number of anilines is 1. The number of aromatic nitrogens is 1. The molecule has 2 amide bonds. The Balaban J connectivity index is 1.49. The molecule has 2 atom stereocenters. The van der Waals surface area contributed by atoms with Crippen molar-refractivity contribution < 1.29 is 9.59 Å². The Hall–Kier alpha value is -1.95. The fourth-order valence-electron chi connectivity index (χ4n) is 3.71. The van der Waals surface area contributed by atoms with Crippen LogP contribution in [-0.4, -0.2) is 47.9 Å². The van der Waals surface area contributed by atoms with Crippen LogP contribution in [0.3, 0.4) is 0 Å². The lowest BCUT2D eigenvalue weighted by atomic mass is 9.96. The van der Waals surface area contributed by atoms with Gasteiger partial charge in [-0.1, -0.05) is 6.07 Å². The topological polar surface area (TPSA) is 74.3 Å². The van der Waals surface area contributed by atoms with Gasteiger partial charge in [0.1, 0.15) is 5.82 Å². The van der Waals surface area contributed by atoms with Crippen LogP contribution in [0.5, 0.6) is 0 Å². The Bertz CT molecular complexity index is 613. The number of hydrogen-bond donors (Lipinski definition) is 2. The van der Waals surface area contributed by atoms with Crippen LogP contribution in [0, 0.1) is 18.8 Å². The highest BCUT2D eigenvalue weighted by Gasteiger charge is 2.29. The van der Waals surface area contributed by atoms with Crippen LogP contribution in [0.25, 0.3) is 0 Å². The minimum absolute atomic E-state index is 0.0319. The van der Waals surface area contributed by atoms with Crippen LogP contribution in [0.1, 0.15) is 37.8 Å². The van der Waals surface area contributed by atoms with Crippen LogP contribution >= 0.6 is 0 Å². The average molecular weight is 344 g/mol. The molecule has 2 N–H and O–H groups in total. The van der Waals surface area contributed by atoms with E-state index in [9.17, 15) is 9.59 Å². The van der Waals surface area contributed by atoms with Crippen molar-refractivity contribution in [2.24, 2.45) is 11.8 Å². The van der Waals surface area contributed by atoms with Crippen molar-refractivity contribution in [3.05, 3.63) is 23.9 Å². The Kier molecular flexibility index (Phi) is 6.02. The molecule has 0 radical (unpaired) electrons. The van der Waals surface area contributed by atoms with E-state index in [0.29, 0.717) is 24.7 Å². The summed E-state index contributed by atoms with van der Waals surface area (Å²) >= 11 is 0. The molecule has 136 valence electrons. The number of aryl methyl sites for hydroxylation is 1. The van der Waals surface area contributed by atoms with E-state index in [1.54, 1.807) is 6.07 Å². The highest BCUT2D eigenvalue weighted by molar-refractivity contribution is 5.92. The van der Waals surface area contributed by atoms with E-state index in [4.69, 9.17) is 0 Å². The highest BCUT2D eigenvalue weighted by atomic mass is 16.2. The van der Waals surface area contributed by atoms with Gasteiger partial charge in [-0.2, -0.15) is 0 Å². The molecule has 3 rings (SSSR count). The number of carbonyl (C=O) groups excluding carboxylic acids is 2. The van der Waals surface area contributed by atoms with E-state index in [1.807, 2.05) is 24.0 Å². The molecule has 2 saturated heterocycles. The SMILES string of the molecule is Cc1cccc(NC(=O)C2CCCN(C(=O)CCC3CCNC3)C2)n1. The van der Waals surface area contributed by atoms with Gasteiger partial charge < -0.3 is 15.5 Å². The van der Waals surface area contributed by atoms with Gasteiger partial charge in [-0.15, -0.1) is 0 Å². The van der Waals surface area contributed by atoms with Gasteiger partial charge in [0.25, 0.3) is 0 Å². The van der Waals surface area contributed by atoms with Crippen LogP contribution in [-0.2, 0) is 9.59 Å². The first-order valence-corrected chi connectivity index (χ1v) is 9.35. The second-order valence-corrected chi connectivity index (χ2v) is 7.23. The molecule has 0 aromatic carbocycles. The smallest absolute Gasteiger partial charge is 0.230 e. The molecule has 2 aliphatic rings. The minimum atomic E-state index is -0.145. The lowest BCUT2D eigenvalue weighted by Gasteiger charge is -2.32. The number of nitrogens with one attached hydrogen (secondary N) is 2. The third-order valence-corrected chi connectivity index (χ3v) is 5.21. The van der Waals surface area contributed by atoms with E-state index in [2.05, 4.69) is 15.6 Å². The standard InChI is InChI=1S/C19H28N4O2/c1-14-4-2-6-17(21-14)22-19(25)16-5-3-11-23(13-16)18(24)8-7-15-9-10-20-12-15/h2,4,6,15-16,20H,3,5,7-13H2,1H3,(H,21,22,25). The van der Waals surface area contributed by atoms with Crippen molar-refractivity contribution in [1.82, 2.24) is 15.2 Å². The zero-order valence-electron chi connectivity index (χ0n) is 15.0. The average Bonchev–Trinajstić information content (AvgIpc) is 3.13. The first kappa shape index (κ1) is 17.9. The molecule has 6 heteroatoms. The Morgan fingerprint density at radius 3 is 3.00 bits per heavy atom. The third kappa shape index (κ3) is 5.01. The highest BCUT2D eigenvalue weighted by Crippen LogP contribution is 2.21. The van der Waals surface area contributed by atoms with Gasteiger partial charge in [-0.25, -0.2) is 4.98 Å². The molecule has 2 unspecified atom stereocenters. The maximum Gasteiger partial charge on any atom is 0.230 e. The summed E-state index contributed by atoms with van der Waals surface area (Å²) in [6.07, 6.45) is 4.43. The molecular formula is C19H28N4O2. The normalized spacial score (nSPS) is 23.5. The Morgan fingerprint density at radius 2 is 2.24 bits per heavy atom. The van der Waals surface area contributed by atoms with E-state index in [-0.39, 0.29) is 17.7 Å². The Labute approximate surface area is 149 Å². The number of pyridine rings is 1. The number of amides is 2. The van der Waals surface area contributed by atoms with Crippen molar-refractivity contribution in [3.63, 3.8) is 0 Å². The molecule has 0 aliphatic carbocycles. The molecule has 3 heterocycles. The molecule has 25 heavy (non-hydrogen) atoms. The van der Waals surface area contributed by atoms with E-state index in [0.717, 1.165) is 44.6 Å². The Morgan fingerprint density at radius 1 is 1.36 bits per heavy atom. The van der Waals surface area contributed by atoms with Crippen molar-refractivity contribution in [3.8, 4) is 0 Å². The van der Waals surface area contributed by atoms with Gasteiger partial charge in [0.05, 0.1) is 5.92 Å². The number of likely N-dealkylation sites (tertiary alicyclic amines) is 1. The summed E-state index contributed by atoms with van der Waals surface area (Å²) in [6, 6.07) is 5.58. The van der Waals surface area contributed by atoms with Crippen molar-refractivity contribution in [1.29, 1.82) is 0 Å². The molecule has 0 saturated carbocycles. The first-order chi connectivity index (χ1) is 12.1. The van der Waals surface area contributed by atoms with Gasteiger partial charge in [0, 0.05) is 25.2 Å². The summed E-state index contributed by atoms with van der Waals surface area (Å²) in [5.41, 5.74) is 0.875. The zero-order chi connectivity index (χ0) is 17.6. The molecule has 1 aromatic heterocycles. The third-order valence-electron chi connectivity index (χ3n) is 5.21. The lowest BCUT2D eigenvalue weighted by molar-refractivity contribution is -0.134. The summed E-state index contributed by atoms with van der Waals surface area (Å²) < 4.78 is 0. The van der Waals surface area contributed by atoms with Crippen LogP contribution in [0.4, 0.5) is 5.82 Å². The van der Waals surface area contributed by atoms with Gasteiger partial charge in [0.15, 0.2) is 0 Å². The van der Waals surface area contributed by atoms with Crippen LogP contribution < -0.4 is 10.6 Å². The zero-order valence-corrected chi connectivity index (χ0v) is 15.0. The van der Waals surface area contributed by atoms with E-state index < -0.39 is 0 Å². The molecule has 0 bridgehead atoms.